The molecule has 0 fully saturated rings. The minimum atomic E-state index is -1.56. The molecule has 0 spiro atoms. The Hall–Kier alpha value is -2.69. The van der Waals surface area contributed by atoms with Crippen molar-refractivity contribution in [2.45, 2.75) is 0 Å². The van der Waals surface area contributed by atoms with Crippen LogP contribution in [0.15, 0.2) is 54.6 Å². The van der Waals surface area contributed by atoms with Gasteiger partial charge in [0, 0.05) is 15.4 Å². The van der Waals surface area contributed by atoms with Gasteiger partial charge < -0.3 is 5.11 Å². The lowest BCUT2D eigenvalue weighted by Gasteiger charge is -2.07. The van der Waals surface area contributed by atoms with E-state index in [1.54, 1.807) is 30.3 Å². The third kappa shape index (κ3) is 3.71. The van der Waals surface area contributed by atoms with Crippen LogP contribution in [0, 0.1) is 0 Å². The summed E-state index contributed by atoms with van der Waals surface area (Å²) in [5.74, 6) is -2.62. The van der Waals surface area contributed by atoms with Crippen molar-refractivity contribution in [3.63, 3.8) is 0 Å². The number of carboxylic acids is 1. The number of para-hydroxylation sites is 1. The largest absolute Gasteiger partial charge is 0.475 e. The quantitative estimate of drug-likeness (QED) is 0.531. The van der Waals surface area contributed by atoms with Crippen LogP contribution in [-0.4, -0.2) is 21.8 Å². The monoisotopic (exact) mass is 371 g/mol. The molecule has 0 unspecified atom stereocenters. The number of fused-ring (bicyclic) bond motifs is 1. The molecular formula is C19H11Cl2NO3. The highest BCUT2D eigenvalue weighted by molar-refractivity contribution is 6.53. The second-order valence-electron chi connectivity index (χ2n) is 5.25. The van der Waals surface area contributed by atoms with Gasteiger partial charge in [-0.1, -0.05) is 53.5 Å². The van der Waals surface area contributed by atoms with E-state index >= 15 is 0 Å². The number of Topliss-reactive ketones (excluding diaryl/α,β-unsaturated/α-hetero) is 1. The first-order valence-corrected chi connectivity index (χ1v) is 8.02. The van der Waals surface area contributed by atoms with Crippen LogP contribution in [0.1, 0.15) is 11.3 Å². The molecule has 0 aliphatic rings. The Morgan fingerprint density at radius 3 is 2.48 bits per heavy atom. The fourth-order valence-corrected chi connectivity index (χ4v) is 2.82. The van der Waals surface area contributed by atoms with Crippen LogP contribution < -0.4 is 0 Å². The smallest absolute Gasteiger partial charge is 0.377 e. The zero-order valence-corrected chi connectivity index (χ0v) is 14.3. The second kappa shape index (κ2) is 7.05. The van der Waals surface area contributed by atoms with Crippen molar-refractivity contribution >= 4 is 57.5 Å². The summed E-state index contributed by atoms with van der Waals surface area (Å²) in [4.78, 5) is 27.8. The topological polar surface area (TPSA) is 67.3 Å². The summed E-state index contributed by atoms with van der Waals surface area (Å²) < 4.78 is 0. The highest BCUT2D eigenvalue weighted by Crippen LogP contribution is 2.27. The lowest BCUT2D eigenvalue weighted by Crippen LogP contribution is -2.15. The Morgan fingerprint density at radius 2 is 1.76 bits per heavy atom. The summed E-state index contributed by atoms with van der Waals surface area (Å²) in [6, 6.07) is 15.5. The van der Waals surface area contributed by atoms with Crippen LogP contribution >= 0.6 is 23.2 Å². The van der Waals surface area contributed by atoms with Gasteiger partial charge in [0.15, 0.2) is 0 Å². The summed E-state index contributed by atoms with van der Waals surface area (Å²) in [7, 11) is 0. The number of aliphatic carboxylic acids is 1. The normalized spacial score (nSPS) is 11.5. The van der Waals surface area contributed by atoms with E-state index in [-0.39, 0.29) is 11.3 Å². The molecule has 4 nitrogen and oxygen atoms in total. The van der Waals surface area contributed by atoms with Crippen molar-refractivity contribution in [2.75, 3.05) is 0 Å². The van der Waals surface area contributed by atoms with Crippen molar-refractivity contribution in [1.82, 2.24) is 4.98 Å². The summed E-state index contributed by atoms with van der Waals surface area (Å²) in [5, 5.41) is 10.8. The van der Waals surface area contributed by atoms with E-state index < -0.39 is 11.8 Å². The van der Waals surface area contributed by atoms with Crippen LogP contribution in [0.2, 0.25) is 10.0 Å². The maximum Gasteiger partial charge on any atom is 0.377 e. The number of rotatable bonds is 4. The van der Waals surface area contributed by atoms with Crippen LogP contribution in [0.25, 0.3) is 22.6 Å². The number of aromatic nitrogens is 1. The van der Waals surface area contributed by atoms with Crippen LogP contribution in [0.5, 0.6) is 0 Å². The van der Waals surface area contributed by atoms with Crippen molar-refractivity contribution in [3.05, 3.63) is 75.9 Å². The third-order valence-electron chi connectivity index (χ3n) is 3.58. The van der Waals surface area contributed by atoms with Gasteiger partial charge in [-0.15, -0.1) is 0 Å². The van der Waals surface area contributed by atoms with Crippen molar-refractivity contribution in [3.8, 4) is 0 Å². The molecule has 3 rings (SSSR count). The maximum atomic E-state index is 12.2. The van der Waals surface area contributed by atoms with E-state index in [1.807, 2.05) is 18.2 Å². The van der Waals surface area contributed by atoms with Crippen molar-refractivity contribution in [1.29, 1.82) is 0 Å². The molecule has 3 aromatic rings. The molecule has 124 valence electrons. The molecule has 0 aliphatic heterocycles. The molecule has 0 aliphatic carbocycles. The molecule has 1 aromatic heterocycles. The van der Waals surface area contributed by atoms with Gasteiger partial charge >= 0.3 is 5.97 Å². The number of benzene rings is 2. The van der Waals surface area contributed by atoms with Gasteiger partial charge in [-0.05, 0) is 35.9 Å². The number of hydrogen-bond donors (Lipinski definition) is 1. The van der Waals surface area contributed by atoms with Crippen molar-refractivity contribution < 1.29 is 14.7 Å². The predicted molar refractivity (Wildman–Crippen MR) is 98.7 cm³/mol. The Bertz CT molecular complexity index is 1030. The first-order valence-electron chi connectivity index (χ1n) is 7.26. The van der Waals surface area contributed by atoms with E-state index in [0.717, 1.165) is 5.39 Å². The Labute approximate surface area is 153 Å². The molecule has 0 saturated carbocycles. The Kier molecular flexibility index (Phi) is 4.83. The number of carbonyl (C=O) groups excluding carboxylic acids is 1. The Balaban J connectivity index is 2.18. The lowest BCUT2D eigenvalue weighted by atomic mass is 10.0. The molecule has 2 aromatic carbocycles. The minimum absolute atomic E-state index is 0.0533. The fourth-order valence-electron chi connectivity index (χ4n) is 2.36. The van der Waals surface area contributed by atoms with Gasteiger partial charge in [-0.25, -0.2) is 9.78 Å². The molecule has 1 N–H and O–H groups in total. The minimum Gasteiger partial charge on any atom is -0.475 e. The number of ketones is 1. The summed E-state index contributed by atoms with van der Waals surface area (Å²) in [6.45, 7) is 0. The fraction of sp³-hybridized carbons (Fsp3) is 0. The zero-order valence-electron chi connectivity index (χ0n) is 12.7. The molecule has 25 heavy (non-hydrogen) atoms. The summed E-state index contributed by atoms with van der Waals surface area (Å²) >= 11 is 12.0. The number of pyridine rings is 1. The maximum absolute atomic E-state index is 12.2. The average Bonchev–Trinajstić information content (AvgIpc) is 2.60. The molecule has 0 amide bonds. The number of nitrogens with zero attached hydrogens (tertiary/aromatic N) is 1. The first kappa shape index (κ1) is 17.1. The molecule has 0 atom stereocenters. The average molecular weight is 372 g/mol. The second-order valence-corrected chi connectivity index (χ2v) is 6.09. The van der Waals surface area contributed by atoms with Gasteiger partial charge in [-0.2, -0.15) is 0 Å². The number of halogens is 2. The predicted octanol–water partition coefficient (Wildman–Crippen LogP) is 4.74. The first-order chi connectivity index (χ1) is 12.0. The molecule has 0 radical (unpaired) electrons. The van der Waals surface area contributed by atoms with Gasteiger partial charge in [0.05, 0.1) is 16.8 Å². The number of hydrogen-bond acceptors (Lipinski definition) is 3. The highest BCUT2D eigenvalue weighted by atomic mass is 35.5. The number of carbonyl (C=O) groups is 2. The number of carboxylic acid groups (broad SMARTS) is 1. The SMILES string of the molecule is O=C(O)C(=O)C(=Cc1ccc(Cl)cc1Cl)c1ccc2ccccc2n1. The van der Waals surface area contributed by atoms with Crippen LogP contribution in [-0.2, 0) is 9.59 Å². The van der Waals surface area contributed by atoms with Gasteiger partial charge in [0.2, 0.25) is 0 Å². The molecular weight excluding hydrogens is 361 g/mol. The van der Waals surface area contributed by atoms with Gasteiger partial charge in [-0.3, -0.25) is 4.79 Å². The summed E-state index contributed by atoms with van der Waals surface area (Å²) in [6.07, 6.45) is 1.41. The van der Waals surface area contributed by atoms with E-state index in [0.29, 0.717) is 21.1 Å². The van der Waals surface area contributed by atoms with E-state index in [9.17, 15) is 9.59 Å². The summed E-state index contributed by atoms with van der Waals surface area (Å²) in [5.41, 5.74) is 1.34. The van der Waals surface area contributed by atoms with E-state index in [2.05, 4.69) is 4.98 Å². The third-order valence-corrected chi connectivity index (χ3v) is 4.14. The van der Waals surface area contributed by atoms with E-state index in [1.165, 1.54) is 12.1 Å². The van der Waals surface area contributed by atoms with Gasteiger partial charge in [0.25, 0.3) is 5.78 Å². The standard InChI is InChI=1S/C19H11Cl2NO3/c20-13-7-5-12(15(21)10-13)9-14(18(23)19(24)25)17-8-6-11-3-1-2-4-16(11)22-17/h1-10H,(H,24,25). The highest BCUT2D eigenvalue weighted by Gasteiger charge is 2.21. The van der Waals surface area contributed by atoms with Crippen molar-refractivity contribution in [2.24, 2.45) is 0 Å². The van der Waals surface area contributed by atoms with Crippen LogP contribution in [0.3, 0.4) is 0 Å². The van der Waals surface area contributed by atoms with E-state index in [4.69, 9.17) is 28.3 Å². The lowest BCUT2D eigenvalue weighted by molar-refractivity contribution is -0.146. The molecule has 6 heteroatoms. The molecule has 1 heterocycles. The van der Waals surface area contributed by atoms with Gasteiger partial charge in [0.1, 0.15) is 0 Å². The Morgan fingerprint density at radius 1 is 1.00 bits per heavy atom. The zero-order chi connectivity index (χ0) is 18.0. The molecule has 0 bridgehead atoms. The molecule has 0 saturated heterocycles. The van der Waals surface area contributed by atoms with Crippen LogP contribution in [0.4, 0.5) is 0 Å².